The molecule has 0 saturated carbocycles. The second kappa shape index (κ2) is 6.02. The highest BCUT2D eigenvalue weighted by Gasteiger charge is 2.15. The van der Waals surface area contributed by atoms with Gasteiger partial charge in [0.05, 0.1) is 11.3 Å². The van der Waals surface area contributed by atoms with Crippen LogP contribution in [-0.2, 0) is 0 Å². The molecular formula is C14H15N3OS2. The molecule has 0 fully saturated rings. The normalized spacial score (nSPS) is 10.1. The predicted molar refractivity (Wildman–Crippen MR) is 87.0 cm³/mol. The second-order valence-electron chi connectivity index (χ2n) is 4.40. The number of thiocarbonyl (C=S) groups is 1. The first kappa shape index (κ1) is 14.5. The number of benzene rings is 1. The van der Waals surface area contributed by atoms with E-state index < -0.39 is 0 Å². The Morgan fingerprint density at radius 3 is 2.65 bits per heavy atom. The molecule has 20 heavy (non-hydrogen) atoms. The van der Waals surface area contributed by atoms with E-state index in [1.807, 2.05) is 44.2 Å². The van der Waals surface area contributed by atoms with E-state index in [9.17, 15) is 4.79 Å². The van der Waals surface area contributed by atoms with Gasteiger partial charge in [-0.2, -0.15) is 0 Å². The van der Waals surface area contributed by atoms with Crippen LogP contribution in [0.5, 0.6) is 0 Å². The number of hydrogen-bond acceptors (Lipinski definition) is 3. The fourth-order valence-corrected chi connectivity index (χ4v) is 2.58. The molecule has 6 heteroatoms. The monoisotopic (exact) mass is 305 g/mol. The Morgan fingerprint density at radius 1 is 1.35 bits per heavy atom. The molecule has 1 amide bonds. The third-order valence-corrected chi connectivity index (χ3v) is 3.73. The van der Waals surface area contributed by atoms with Gasteiger partial charge >= 0.3 is 0 Å². The molecule has 0 saturated heterocycles. The first-order valence-electron chi connectivity index (χ1n) is 5.99. The summed E-state index contributed by atoms with van der Waals surface area (Å²) in [5.41, 5.74) is 10.8. The van der Waals surface area contributed by atoms with Crippen molar-refractivity contribution in [2.75, 3.05) is 5.01 Å². The number of carbonyl (C=O) groups excluding carboxylic acids is 1. The SMILES string of the molecule is Cc1cccc(N(NC(=O)c2csc(C)c2)C(N)=S)c1. The molecule has 3 N–H and O–H groups in total. The summed E-state index contributed by atoms with van der Waals surface area (Å²) in [6.45, 7) is 3.92. The summed E-state index contributed by atoms with van der Waals surface area (Å²) in [6.07, 6.45) is 0. The summed E-state index contributed by atoms with van der Waals surface area (Å²) in [5.74, 6) is -0.233. The van der Waals surface area contributed by atoms with Gasteiger partial charge in [0.2, 0.25) is 0 Å². The van der Waals surface area contributed by atoms with Gasteiger partial charge in [0.15, 0.2) is 5.11 Å². The topological polar surface area (TPSA) is 58.4 Å². The molecule has 1 heterocycles. The molecule has 2 aromatic rings. The lowest BCUT2D eigenvalue weighted by Gasteiger charge is -2.23. The van der Waals surface area contributed by atoms with Crippen LogP contribution in [-0.4, -0.2) is 11.0 Å². The zero-order valence-corrected chi connectivity index (χ0v) is 12.8. The van der Waals surface area contributed by atoms with Crippen LogP contribution in [0.3, 0.4) is 0 Å². The Bertz CT molecular complexity index is 651. The number of carbonyl (C=O) groups is 1. The van der Waals surface area contributed by atoms with Crippen molar-refractivity contribution >= 4 is 40.3 Å². The van der Waals surface area contributed by atoms with Crippen molar-refractivity contribution in [1.82, 2.24) is 5.43 Å². The van der Waals surface area contributed by atoms with E-state index in [4.69, 9.17) is 18.0 Å². The van der Waals surface area contributed by atoms with Gasteiger partial charge in [0.25, 0.3) is 5.91 Å². The Hall–Kier alpha value is -1.92. The van der Waals surface area contributed by atoms with Crippen LogP contribution >= 0.6 is 23.6 Å². The van der Waals surface area contributed by atoms with Crippen LogP contribution in [0.2, 0.25) is 0 Å². The molecule has 2 rings (SSSR count). The van der Waals surface area contributed by atoms with Crippen LogP contribution in [0.25, 0.3) is 0 Å². The molecular weight excluding hydrogens is 290 g/mol. The average Bonchev–Trinajstić information content (AvgIpc) is 2.82. The maximum absolute atomic E-state index is 12.2. The number of nitrogens with one attached hydrogen (secondary N) is 1. The van der Waals surface area contributed by atoms with Crippen molar-refractivity contribution in [3.8, 4) is 0 Å². The Morgan fingerprint density at radius 2 is 2.10 bits per heavy atom. The van der Waals surface area contributed by atoms with Crippen LogP contribution in [0.15, 0.2) is 35.7 Å². The molecule has 0 radical (unpaired) electrons. The van der Waals surface area contributed by atoms with Gasteiger partial charge in [-0.15, -0.1) is 11.3 Å². The van der Waals surface area contributed by atoms with Crippen LogP contribution < -0.4 is 16.2 Å². The van der Waals surface area contributed by atoms with Crippen molar-refractivity contribution in [3.63, 3.8) is 0 Å². The first-order valence-corrected chi connectivity index (χ1v) is 7.28. The lowest BCUT2D eigenvalue weighted by atomic mass is 10.2. The van der Waals surface area contributed by atoms with Crippen molar-refractivity contribution in [1.29, 1.82) is 0 Å². The minimum absolute atomic E-state index is 0.0934. The van der Waals surface area contributed by atoms with Gasteiger partial charge in [-0.3, -0.25) is 10.2 Å². The molecule has 0 aliphatic carbocycles. The van der Waals surface area contributed by atoms with E-state index in [2.05, 4.69) is 5.43 Å². The zero-order chi connectivity index (χ0) is 14.7. The molecule has 1 aromatic heterocycles. The molecule has 0 aliphatic rings. The lowest BCUT2D eigenvalue weighted by molar-refractivity contribution is 0.0955. The number of hydrogen-bond donors (Lipinski definition) is 2. The third-order valence-electron chi connectivity index (χ3n) is 2.69. The first-order chi connectivity index (χ1) is 9.47. The molecule has 0 spiro atoms. The molecule has 1 aromatic carbocycles. The Balaban J connectivity index is 2.22. The van der Waals surface area contributed by atoms with E-state index in [0.717, 1.165) is 16.1 Å². The third kappa shape index (κ3) is 3.34. The summed E-state index contributed by atoms with van der Waals surface area (Å²) >= 11 is 6.53. The minimum Gasteiger partial charge on any atom is -0.374 e. The molecule has 4 nitrogen and oxygen atoms in total. The predicted octanol–water partition coefficient (Wildman–Crippen LogP) is 2.76. The van der Waals surface area contributed by atoms with Gasteiger partial charge in [-0.25, -0.2) is 5.01 Å². The summed E-state index contributed by atoms with van der Waals surface area (Å²) < 4.78 is 0. The number of aryl methyl sites for hydroxylation is 2. The number of nitrogens with two attached hydrogens (primary N) is 1. The summed E-state index contributed by atoms with van der Waals surface area (Å²) in [6, 6.07) is 9.42. The van der Waals surface area contributed by atoms with E-state index in [-0.39, 0.29) is 11.0 Å². The van der Waals surface area contributed by atoms with Gasteiger partial charge in [0.1, 0.15) is 0 Å². The van der Waals surface area contributed by atoms with Gasteiger partial charge < -0.3 is 5.73 Å². The van der Waals surface area contributed by atoms with Crippen molar-refractivity contribution in [2.24, 2.45) is 5.73 Å². The van der Waals surface area contributed by atoms with E-state index in [1.165, 1.54) is 16.3 Å². The maximum atomic E-state index is 12.2. The quantitative estimate of drug-likeness (QED) is 0.661. The zero-order valence-electron chi connectivity index (χ0n) is 11.2. The molecule has 0 aliphatic heterocycles. The van der Waals surface area contributed by atoms with E-state index in [1.54, 1.807) is 5.38 Å². The standard InChI is InChI=1S/C14H15N3OS2/c1-9-4-3-5-12(6-9)17(14(15)19)16-13(18)11-7-10(2)20-8-11/h3-8H,1-2H3,(H2,15,19)(H,16,18). The van der Waals surface area contributed by atoms with Gasteiger partial charge in [0, 0.05) is 10.3 Å². The fourth-order valence-electron chi connectivity index (χ4n) is 1.74. The van der Waals surface area contributed by atoms with Crippen molar-refractivity contribution in [3.05, 3.63) is 51.7 Å². The number of hydrazine groups is 1. The number of rotatable bonds is 2. The van der Waals surface area contributed by atoms with Crippen molar-refractivity contribution in [2.45, 2.75) is 13.8 Å². The Kier molecular flexibility index (Phi) is 4.36. The van der Waals surface area contributed by atoms with Crippen LogP contribution in [0, 0.1) is 13.8 Å². The highest BCUT2D eigenvalue weighted by molar-refractivity contribution is 7.80. The average molecular weight is 305 g/mol. The molecule has 0 bridgehead atoms. The fraction of sp³-hybridized carbons (Fsp3) is 0.143. The molecule has 104 valence electrons. The maximum Gasteiger partial charge on any atom is 0.271 e. The largest absolute Gasteiger partial charge is 0.374 e. The number of anilines is 1. The van der Waals surface area contributed by atoms with Crippen LogP contribution in [0.4, 0.5) is 5.69 Å². The van der Waals surface area contributed by atoms with E-state index in [0.29, 0.717) is 5.56 Å². The lowest BCUT2D eigenvalue weighted by Crippen LogP contribution is -2.49. The highest BCUT2D eigenvalue weighted by Crippen LogP contribution is 2.16. The second-order valence-corrected chi connectivity index (χ2v) is 5.93. The molecule has 0 atom stereocenters. The van der Waals surface area contributed by atoms with E-state index >= 15 is 0 Å². The summed E-state index contributed by atoms with van der Waals surface area (Å²) in [4.78, 5) is 13.2. The number of amides is 1. The Labute approximate surface area is 127 Å². The smallest absolute Gasteiger partial charge is 0.271 e. The minimum atomic E-state index is -0.233. The highest BCUT2D eigenvalue weighted by atomic mass is 32.1. The van der Waals surface area contributed by atoms with Gasteiger partial charge in [-0.1, -0.05) is 12.1 Å². The van der Waals surface area contributed by atoms with Crippen LogP contribution in [0.1, 0.15) is 20.8 Å². The number of nitrogens with zero attached hydrogens (tertiary/aromatic N) is 1. The summed E-state index contributed by atoms with van der Waals surface area (Å²) in [7, 11) is 0. The number of thiophene rings is 1. The van der Waals surface area contributed by atoms with Crippen molar-refractivity contribution < 1.29 is 4.79 Å². The van der Waals surface area contributed by atoms with Gasteiger partial charge in [-0.05, 0) is 49.8 Å². The molecule has 0 unspecified atom stereocenters. The summed E-state index contributed by atoms with van der Waals surface area (Å²) in [5, 5.41) is 3.31.